The van der Waals surface area contributed by atoms with E-state index in [1.165, 1.54) is 0 Å². The highest BCUT2D eigenvalue weighted by Gasteiger charge is 2.39. The Balaban J connectivity index is 1.34. The minimum absolute atomic E-state index is 0.184. The summed E-state index contributed by atoms with van der Waals surface area (Å²) in [6.45, 7) is 3.62. The number of rotatable bonds is 6. The second kappa shape index (κ2) is 8.12. The number of carbonyl (C=O) groups is 3. The number of hydrogen-bond acceptors (Lipinski definition) is 5. The Morgan fingerprint density at radius 2 is 1.79 bits per heavy atom. The number of amides is 3. The van der Waals surface area contributed by atoms with E-state index in [9.17, 15) is 14.4 Å². The van der Waals surface area contributed by atoms with Crippen LogP contribution in [0.25, 0.3) is 5.69 Å². The molecule has 2 aliphatic rings. The van der Waals surface area contributed by atoms with Gasteiger partial charge in [0.05, 0.1) is 6.54 Å². The Hall–Kier alpha value is -4.07. The molecule has 1 N–H and O–H groups in total. The number of aromatic nitrogens is 1. The van der Waals surface area contributed by atoms with Gasteiger partial charge < -0.3 is 19.4 Å². The maximum atomic E-state index is 13.1. The van der Waals surface area contributed by atoms with Gasteiger partial charge in [-0.1, -0.05) is 30.3 Å². The number of hydrogen-bond donors (Lipinski definition) is 1. The Morgan fingerprint density at radius 1 is 1.03 bits per heavy atom. The van der Waals surface area contributed by atoms with Crippen molar-refractivity contribution >= 4 is 17.7 Å². The molecular weight excluding hydrogens is 422 g/mol. The molecule has 8 heteroatoms. The number of Topliss-reactive ketones (excluding diaryl/α,β-unsaturated/α-hetero) is 1. The van der Waals surface area contributed by atoms with Gasteiger partial charge >= 0.3 is 6.03 Å². The number of imide groups is 1. The summed E-state index contributed by atoms with van der Waals surface area (Å²) in [5.74, 6) is 0.651. The number of ketones is 1. The van der Waals surface area contributed by atoms with E-state index in [1.807, 2.05) is 66.9 Å². The summed E-state index contributed by atoms with van der Waals surface area (Å²) in [5, 5.41) is 2.69. The molecular formula is C25H23N3O5. The standard InChI is InChI=1S/C25H23N3O5/c1-15-10-19(16(2)28(15)18-8-9-22-23(12-18)33-14-32-22)21(29)13-27-24(30)20(26-25(27)31)11-17-6-4-3-5-7-17/h3-10,12,20H,11,13-14H2,1-2H3,(H,26,31). The first kappa shape index (κ1) is 20.8. The quantitative estimate of drug-likeness (QED) is 0.465. The molecule has 3 amide bonds. The van der Waals surface area contributed by atoms with Crippen LogP contribution in [0.1, 0.15) is 27.3 Å². The molecule has 1 aromatic heterocycles. The number of nitrogens with zero attached hydrogens (tertiary/aromatic N) is 2. The lowest BCUT2D eigenvalue weighted by molar-refractivity contribution is -0.127. The SMILES string of the molecule is Cc1cc(C(=O)CN2C(=O)NC(Cc3ccccc3)C2=O)c(C)n1-c1ccc2c(c1)OCO2. The number of fused-ring (bicyclic) bond motifs is 1. The van der Waals surface area contributed by atoms with E-state index in [0.29, 0.717) is 23.5 Å². The summed E-state index contributed by atoms with van der Waals surface area (Å²) in [6.07, 6.45) is 0.384. The molecule has 2 aromatic carbocycles. The van der Waals surface area contributed by atoms with Crippen LogP contribution in [0.5, 0.6) is 11.5 Å². The molecule has 1 fully saturated rings. The Labute approximate surface area is 190 Å². The van der Waals surface area contributed by atoms with Crippen molar-refractivity contribution in [2.75, 3.05) is 13.3 Å². The van der Waals surface area contributed by atoms with Crippen molar-refractivity contribution in [2.24, 2.45) is 0 Å². The highest BCUT2D eigenvalue weighted by atomic mass is 16.7. The lowest BCUT2D eigenvalue weighted by atomic mass is 10.1. The van der Waals surface area contributed by atoms with Crippen molar-refractivity contribution in [3.8, 4) is 17.2 Å². The van der Waals surface area contributed by atoms with E-state index < -0.39 is 12.1 Å². The second-order valence-corrected chi connectivity index (χ2v) is 8.20. The van der Waals surface area contributed by atoms with Gasteiger partial charge in [-0.2, -0.15) is 0 Å². The maximum Gasteiger partial charge on any atom is 0.325 e. The third-order valence-electron chi connectivity index (χ3n) is 6.04. The van der Waals surface area contributed by atoms with Gasteiger partial charge in [-0.25, -0.2) is 4.79 Å². The van der Waals surface area contributed by atoms with Gasteiger partial charge in [-0.3, -0.25) is 14.5 Å². The van der Waals surface area contributed by atoms with E-state index >= 15 is 0 Å². The van der Waals surface area contributed by atoms with Crippen molar-refractivity contribution in [1.29, 1.82) is 0 Å². The van der Waals surface area contributed by atoms with Gasteiger partial charge in [-0.15, -0.1) is 0 Å². The van der Waals surface area contributed by atoms with Crippen LogP contribution >= 0.6 is 0 Å². The zero-order valence-corrected chi connectivity index (χ0v) is 18.3. The summed E-state index contributed by atoms with van der Waals surface area (Å²) < 4.78 is 12.8. The second-order valence-electron chi connectivity index (χ2n) is 8.20. The van der Waals surface area contributed by atoms with Gasteiger partial charge in [0.25, 0.3) is 5.91 Å². The predicted molar refractivity (Wildman–Crippen MR) is 120 cm³/mol. The lowest BCUT2D eigenvalue weighted by Crippen LogP contribution is -2.36. The molecule has 0 bridgehead atoms. The maximum absolute atomic E-state index is 13.1. The monoisotopic (exact) mass is 445 g/mol. The first-order valence-corrected chi connectivity index (χ1v) is 10.7. The molecule has 8 nitrogen and oxygen atoms in total. The zero-order valence-electron chi connectivity index (χ0n) is 18.3. The van der Waals surface area contributed by atoms with E-state index in [2.05, 4.69) is 5.32 Å². The number of urea groups is 1. The van der Waals surface area contributed by atoms with Crippen LogP contribution in [0.15, 0.2) is 54.6 Å². The highest BCUT2D eigenvalue weighted by Crippen LogP contribution is 2.35. The van der Waals surface area contributed by atoms with E-state index in [1.54, 1.807) is 6.07 Å². The molecule has 33 heavy (non-hydrogen) atoms. The van der Waals surface area contributed by atoms with Crippen LogP contribution in [-0.2, 0) is 11.2 Å². The predicted octanol–water partition coefficient (Wildman–Crippen LogP) is 3.17. The minimum atomic E-state index is -0.672. The van der Waals surface area contributed by atoms with Crippen LogP contribution in [0.3, 0.4) is 0 Å². The molecule has 168 valence electrons. The number of nitrogens with one attached hydrogen (secondary N) is 1. The third-order valence-corrected chi connectivity index (χ3v) is 6.04. The summed E-state index contributed by atoms with van der Waals surface area (Å²) in [7, 11) is 0. The number of carbonyl (C=O) groups excluding carboxylic acids is 3. The topological polar surface area (TPSA) is 89.9 Å². The first-order valence-electron chi connectivity index (χ1n) is 10.7. The van der Waals surface area contributed by atoms with Crippen LogP contribution in [0.2, 0.25) is 0 Å². The van der Waals surface area contributed by atoms with Crippen molar-refractivity contribution in [3.63, 3.8) is 0 Å². The van der Waals surface area contributed by atoms with E-state index in [4.69, 9.17) is 9.47 Å². The van der Waals surface area contributed by atoms with Crippen molar-refractivity contribution in [1.82, 2.24) is 14.8 Å². The van der Waals surface area contributed by atoms with Gasteiger partial charge in [0, 0.05) is 35.1 Å². The van der Waals surface area contributed by atoms with Crippen molar-refractivity contribution < 1.29 is 23.9 Å². The number of aryl methyl sites for hydroxylation is 1. The minimum Gasteiger partial charge on any atom is -0.454 e. The summed E-state index contributed by atoms with van der Waals surface area (Å²) in [5.41, 5.74) is 3.83. The van der Waals surface area contributed by atoms with Gasteiger partial charge in [-0.05, 0) is 37.6 Å². The van der Waals surface area contributed by atoms with Gasteiger partial charge in [0.1, 0.15) is 6.04 Å². The average Bonchev–Trinajstić information content (AvgIpc) is 3.46. The molecule has 1 unspecified atom stereocenters. The molecule has 3 heterocycles. The molecule has 1 saturated heterocycles. The summed E-state index contributed by atoms with van der Waals surface area (Å²) in [4.78, 5) is 39.4. The first-order chi connectivity index (χ1) is 15.9. The highest BCUT2D eigenvalue weighted by molar-refractivity contribution is 6.09. The Morgan fingerprint density at radius 3 is 2.58 bits per heavy atom. The Kier molecular flexibility index (Phi) is 5.12. The van der Waals surface area contributed by atoms with Crippen molar-refractivity contribution in [3.05, 3.63) is 77.1 Å². The van der Waals surface area contributed by atoms with E-state index in [0.717, 1.165) is 27.5 Å². The molecule has 5 rings (SSSR count). The van der Waals surface area contributed by atoms with E-state index in [-0.39, 0.29) is 25.0 Å². The van der Waals surface area contributed by atoms with Crippen LogP contribution in [-0.4, -0.2) is 46.6 Å². The Bertz CT molecular complexity index is 1260. The fraction of sp³-hybridized carbons (Fsp3) is 0.240. The third kappa shape index (κ3) is 3.73. The molecule has 0 aliphatic carbocycles. The molecule has 0 spiro atoms. The normalized spacial score (nSPS) is 16.9. The van der Waals surface area contributed by atoms with Crippen LogP contribution in [0.4, 0.5) is 4.79 Å². The number of ether oxygens (including phenoxy) is 2. The molecule has 3 aromatic rings. The van der Waals surface area contributed by atoms with Crippen molar-refractivity contribution in [2.45, 2.75) is 26.3 Å². The largest absolute Gasteiger partial charge is 0.454 e. The fourth-order valence-electron chi connectivity index (χ4n) is 4.41. The van der Waals surface area contributed by atoms with Gasteiger partial charge in [0.2, 0.25) is 6.79 Å². The van der Waals surface area contributed by atoms with Crippen LogP contribution in [0, 0.1) is 13.8 Å². The molecule has 0 radical (unpaired) electrons. The fourth-order valence-corrected chi connectivity index (χ4v) is 4.41. The average molecular weight is 445 g/mol. The molecule has 1 atom stereocenters. The van der Waals surface area contributed by atoms with Crippen LogP contribution < -0.4 is 14.8 Å². The molecule has 2 aliphatic heterocycles. The van der Waals surface area contributed by atoms with Gasteiger partial charge in [0.15, 0.2) is 17.3 Å². The lowest BCUT2D eigenvalue weighted by Gasteiger charge is -2.13. The summed E-state index contributed by atoms with van der Waals surface area (Å²) in [6, 6.07) is 15.6. The zero-order chi connectivity index (χ0) is 23.1. The summed E-state index contributed by atoms with van der Waals surface area (Å²) >= 11 is 0. The smallest absolute Gasteiger partial charge is 0.325 e. The number of benzene rings is 2. The molecule has 0 saturated carbocycles.